The van der Waals surface area contributed by atoms with Crippen molar-refractivity contribution in [2.45, 2.75) is 37.9 Å². The van der Waals surface area contributed by atoms with Gasteiger partial charge in [0.05, 0.1) is 6.54 Å². The minimum atomic E-state index is -4.33. The number of hydrogen-bond donors (Lipinski definition) is 2. The van der Waals surface area contributed by atoms with Crippen molar-refractivity contribution in [2.24, 2.45) is 0 Å². The lowest BCUT2D eigenvalue weighted by atomic mass is 10.2. The highest BCUT2D eigenvalue weighted by Crippen LogP contribution is 2.48. The fourth-order valence-electron chi connectivity index (χ4n) is 1.29. The lowest BCUT2D eigenvalue weighted by molar-refractivity contribution is -0.170. The van der Waals surface area contributed by atoms with Crippen LogP contribution in [0.1, 0.15) is 26.2 Å². The summed E-state index contributed by atoms with van der Waals surface area (Å²) in [5, 5.41) is 4.80. The summed E-state index contributed by atoms with van der Waals surface area (Å²) in [6, 6.07) is 0. The van der Waals surface area contributed by atoms with E-state index >= 15 is 0 Å². The van der Waals surface area contributed by atoms with Crippen molar-refractivity contribution in [2.75, 3.05) is 13.1 Å². The first-order valence-corrected chi connectivity index (χ1v) is 5.00. The molecule has 3 nitrogen and oxygen atoms in total. The van der Waals surface area contributed by atoms with Gasteiger partial charge in [0.25, 0.3) is 0 Å². The second kappa shape index (κ2) is 4.38. The molecule has 1 aliphatic carbocycles. The highest BCUT2D eigenvalue weighted by Gasteiger charge is 2.64. The topological polar surface area (TPSA) is 41.1 Å². The molecule has 0 bridgehead atoms. The van der Waals surface area contributed by atoms with Crippen LogP contribution in [0.3, 0.4) is 0 Å². The first-order valence-electron chi connectivity index (χ1n) is 5.00. The van der Waals surface area contributed by atoms with Crippen LogP contribution in [0.25, 0.3) is 0 Å². The van der Waals surface area contributed by atoms with Gasteiger partial charge in [0.15, 0.2) is 0 Å². The molecular weight excluding hydrogens is 209 g/mol. The van der Waals surface area contributed by atoms with Gasteiger partial charge in [-0.05, 0) is 25.8 Å². The molecule has 15 heavy (non-hydrogen) atoms. The standard InChI is InChI=1S/C9H15F3N2O/c1-2-5-13-6-7(15)14-8(3-4-8)9(10,11)12/h13H,2-6H2,1H3,(H,14,15). The van der Waals surface area contributed by atoms with Gasteiger partial charge in [0, 0.05) is 0 Å². The molecule has 1 rings (SSSR count). The third-order valence-electron chi connectivity index (χ3n) is 2.38. The zero-order valence-electron chi connectivity index (χ0n) is 8.58. The largest absolute Gasteiger partial charge is 0.411 e. The van der Waals surface area contributed by atoms with E-state index in [1.807, 2.05) is 12.2 Å². The highest BCUT2D eigenvalue weighted by atomic mass is 19.4. The van der Waals surface area contributed by atoms with Gasteiger partial charge in [-0.3, -0.25) is 4.79 Å². The van der Waals surface area contributed by atoms with E-state index in [9.17, 15) is 18.0 Å². The van der Waals surface area contributed by atoms with Gasteiger partial charge in [0.2, 0.25) is 5.91 Å². The summed E-state index contributed by atoms with van der Waals surface area (Å²) in [7, 11) is 0. The summed E-state index contributed by atoms with van der Waals surface area (Å²) in [6.45, 7) is 2.50. The Bertz CT molecular complexity index is 236. The molecule has 1 amide bonds. The zero-order valence-corrected chi connectivity index (χ0v) is 8.58. The Hall–Kier alpha value is -0.780. The van der Waals surface area contributed by atoms with E-state index in [0.29, 0.717) is 6.54 Å². The predicted octanol–water partition coefficient (Wildman–Crippen LogP) is 1.20. The third kappa shape index (κ3) is 3.09. The monoisotopic (exact) mass is 224 g/mol. The fraction of sp³-hybridized carbons (Fsp3) is 0.889. The van der Waals surface area contributed by atoms with Crippen LogP contribution in [-0.2, 0) is 4.79 Å². The highest BCUT2D eigenvalue weighted by molar-refractivity contribution is 5.79. The van der Waals surface area contributed by atoms with Gasteiger partial charge >= 0.3 is 6.18 Å². The van der Waals surface area contributed by atoms with Gasteiger partial charge in [-0.2, -0.15) is 13.2 Å². The van der Waals surface area contributed by atoms with E-state index in [0.717, 1.165) is 6.42 Å². The van der Waals surface area contributed by atoms with Crippen molar-refractivity contribution < 1.29 is 18.0 Å². The van der Waals surface area contributed by atoms with E-state index in [-0.39, 0.29) is 19.4 Å². The Balaban J connectivity index is 2.32. The normalized spacial score (nSPS) is 18.7. The SMILES string of the molecule is CCCNCC(=O)NC1(C(F)(F)F)CC1. The van der Waals surface area contributed by atoms with Crippen molar-refractivity contribution in [1.29, 1.82) is 0 Å². The Kier molecular flexibility index (Phi) is 3.59. The average molecular weight is 224 g/mol. The molecule has 0 aliphatic heterocycles. The Morgan fingerprint density at radius 1 is 1.40 bits per heavy atom. The molecule has 0 atom stereocenters. The maximum absolute atomic E-state index is 12.4. The van der Waals surface area contributed by atoms with Gasteiger partial charge in [-0.1, -0.05) is 6.92 Å². The van der Waals surface area contributed by atoms with Crippen molar-refractivity contribution in [3.05, 3.63) is 0 Å². The molecule has 0 aromatic carbocycles. The lowest BCUT2D eigenvalue weighted by Gasteiger charge is -2.20. The Morgan fingerprint density at radius 3 is 2.40 bits per heavy atom. The number of carbonyl (C=O) groups excluding carboxylic acids is 1. The third-order valence-corrected chi connectivity index (χ3v) is 2.38. The lowest BCUT2D eigenvalue weighted by Crippen LogP contribution is -2.50. The van der Waals surface area contributed by atoms with Crippen LogP contribution in [0.2, 0.25) is 0 Å². The molecule has 2 N–H and O–H groups in total. The number of hydrogen-bond acceptors (Lipinski definition) is 2. The Labute approximate surface area is 86.4 Å². The summed E-state index contributed by atoms with van der Waals surface area (Å²) in [5.74, 6) is -0.585. The van der Waals surface area contributed by atoms with Gasteiger partial charge in [0.1, 0.15) is 5.54 Å². The molecule has 0 aromatic heterocycles. The summed E-state index contributed by atoms with van der Waals surface area (Å²) in [5.41, 5.74) is -1.93. The molecule has 0 saturated heterocycles. The number of alkyl halides is 3. The van der Waals surface area contributed by atoms with Crippen LogP contribution in [0.5, 0.6) is 0 Å². The van der Waals surface area contributed by atoms with Gasteiger partial charge in [-0.25, -0.2) is 0 Å². The van der Waals surface area contributed by atoms with Crippen LogP contribution in [-0.4, -0.2) is 30.7 Å². The van der Waals surface area contributed by atoms with Crippen molar-refractivity contribution in [3.8, 4) is 0 Å². The zero-order chi connectivity index (χ0) is 11.5. The average Bonchev–Trinajstić information content (AvgIpc) is 2.84. The molecule has 0 spiro atoms. The first-order chi connectivity index (χ1) is 6.91. The van der Waals surface area contributed by atoms with Crippen molar-refractivity contribution in [1.82, 2.24) is 10.6 Å². The quantitative estimate of drug-likeness (QED) is 0.689. The minimum absolute atomic E-state index is 0.00395. The summed E-state index contributed by atoms with van der Waals surface area (Å²) < 4.78 is 37.2. The molecule has 1 aliphatic rings. The van der Waals surface area contributed by atoms with Crippen LogP contribution in [0.15, 0.2) is 0 Å². The minimum Gasteiger partial charge on any atom is -0.341 e. The molecule has 0 radical (unpaired) electrons. The number of nitrogens with one attached hydrogen (secondary N) is 2. The van der Waals surface area contributed by atoms with Crippen LogP contribution in [0, 0.1) is 0 Å². The number of rotatable bonds is 5. The predicted molar refractivity (Wildman–Crippen MR) is 49.3 cm³/mol. The molecule has 6 heteroatoms. The van der Waals surface area contributed by atoms with Crippen LogP contribution in [0.4, 0.5) is 13.2 Å². The molecule has 0 unspecified atom stereocenters. The fourth-order valence-corrected chi connectivity index (χ4v) is 1.29. The first kappa shape index (κ1) is 12.3. The molecular formula is C9H15F3N2O. The van der Waals surface area contributed by atoms with Crippen LogP contribution < -0.4 is 10.6 Å². The second-order valence-electron chi connectivity index (χ2n) is 3.80. The van der Waals surface area contributed by atoms with Crippen LogP contribution >= 0.6 is 0 Å². The van der Waals surface area contributed by atoms with Gasteiger partial charge < -0.3 is 10.6 Å². The van der Waals surface area contributed by atoms with E-state index in [2.05, 4.69) is 5.32 Å². The molecule has 0 heterocycles. The van der Waals surface area contributed by atoms with E-state index in [1.54, 1.807) is 0 Å². The number of carbonyl (C=O) groups is 1. The van der Waals surface area contributed by atoms with Crippen molar-refractivity contribution >= 4 is 5.91 Å². The molecule has 88 valence electrons. The summed E-state index contributed by atoms with van der Waals surface area (Å²) in [4.78, 5) is 11.1. The summed E-state index contributed by atoms with van der Waals surface area (Å²) >= 11 is 0. The number of amides is 1. The number of halogens is 3. The molecule has 0 aromatic rings. The van der Waals surface area contributed by atoms with Gasteiger partial charge in [-0.15, -0.1) is 0 Å². The smallest absolute Gasteiger partial charge is 0.341 e. The maximum Gasteiger partial charge on any atom is 0.411 e. The Morgan fingerprint density at radius 2 is 2.00 bits per heavy atom. The van der Waals surface area contributed by atoms with E-state index < -0.39 is 17.6 Å². The maximum atomic E-state index is 12.4. The van der Waals surface area contributed by atoms with E-state index in [1.165, 1.54) is 0 Å². The second-order valence-corrected chi connectivity index (χ2v) is 3.80. The summed E-state index contributed by atoms with van der Waals surface area (Å²) in [6.07, 6.45) is -3.49. The van der Waals surface area contributed by atoms with Crippen molar-refractivity contribution in [3.63, 3.8) is 0 Å². The molecule has 1 fully saturated rings. The van der Waals surface area contributed by atoms with E-state index in [4.69, 9.17) is 0 Å². The molecule has 1 saturated carbocycles.